The van der Waals surface area contributed by atoms with Crippen LogP contribution in [0.2, 0.25) is 0 Å². The van der Waals surface area contributed by atoms with Crippen LogP contribution in [0.15, 0.2) is 36.5 Å². The third-order valence-corrected chi connectivity index (χ3v) is 5.45. The van der Waals surface area contributed by atoms with Crippen LogP contribution in [0, 0.1) is 0 Å². The van der Waals surface area contributed by atoms with Gasteiger partial charge in [-0.25, -0.2) is 0 Å². The molecule has 3 rings (SSSR count). The van der Waals surface area contributed by atoms with Gasteiger partial charge in [-0.3, -0.25) is 0 Å². The summed E-state index contributed by atoms with van der Waals surface area (Å²) in [6, 6.07) is 10.4. The molecule has 3 aromatic heterocycles. The molecule has 0 saturated heterocycles. The molecule has 162 valence electrons. The molecule has 0 bridgehead atoms. The van der Waals surface area contributed by atoms with Crippen LogP contribution in [0.25, 0.3) is 23.5 Å². The normalized spacial score (nSPS) is 12.7. The average molecular weight is 408 g/mol. The van der Waals surface area contributed by atoms with Gasteiger partial charge in [0.05, 0.1) is 23.7 Å². The highest BCUT2D eigenvalue weighted by Gasteiger charge is 2.09. The molecule has 0 unspecified atom stereocenters. The topological polar surface area (TPSA) is 56.6 Å². The maximum Gasteiger partial charge on any atom is 0.144 e. The third-order valence-electron chi connectivity index (χ3n) is 5.45. The Bertz CT molecular complexity index is 963. The molecule has 0 amide bonds. The number of hydrogen-bond donors (Lipinski definition) is 3. The summed E-state index contributed by atoms with van der Waals surface area (Å²) in [6.45, 7) is 4.93. The fourth-order valence-corrected chi connectivity index (χ4v) is 3.80. The van der Waals surface area contributed by atoms with Crippen molar-refractivity contribution in [3.05, 3.63) is 52.9 Å². The summed E-state index contributed by atoms with van der Waals surface area (Å²) in [7, 11) is 0. The number of hydrogen-bond acceptors (Lipinski definition) is 1. The summed E-state index contributed by atoms with van der Waals surface area (Å²) in [5.74, 6) is 0.876. The molecule has 0 saturated carbocycles. The molecular weight excluding hydrogens is 370 g/mol. The zero-order valence-corrected chi connectivity index (χ0v) is 18.6. The van der Waals surface area contributed by atoms with Crippen LogP contribution in [0.3, 0.4) is 0 Å². The Morgan fingerprint density at radius 1 is 0.833 bits per heavy atom. The molecule has 0 aliphatic rings. The van der Waals surface area contributed by atoms with Gasteiger partial charge in [-0.1, -0.05) is 57.9 Å². The fourth-order valence-electron chi connectivity index (χ4n) is 3.80. The van der Waals surface area contributed by atoms with Crippen LogP contribution < -0.4 is 15.4 Å². The van der Waals surface area contributed by atoms with Crippen molar-refractivity contribution >= 4 is 12.2 Å². The quantitative estimate of drug-likeness (QED) is 0.305. The third kappa shape index (κ3) is 6.72. The van der Waals surface area contributed by atoms with Crippen molar-refractivity contribution in [3.8, 4) is 17.1 Å². The van der Waals surface area contributed by atoms with E-state index >= 15 is 0 Å². The monoisotopic (exact) mass is 407 g/mol. The highest BCUT2D eigenvalue weighted by molar-refractivity contribution is 5.65. The first-order chi connectivity index (χ1) is 14.8. The van der Waals surface area contributed by atoms with Crippen LogP contribution in [-0.2, 0) is 0 Å². The van der Waals surface area contributed by atoms with E-state index in [1.54, 1.807) is 0 Å². The van der Waals surface area contributed by atoms with E-state index in [-0.39, 0.29) is 0 Å². The van der Waals surface area contributed by atoms with Crippen LogP contribution in [0.5, 0.6) is 5.75 Å². The lowest BCUT2D eigenvalue weighted by Gasteiger charge is -2.00. The van der Waals surface area contributed by atoms with Crippen LogP contribution >= 0.6 is 0 Å². The van der Waals surface area contributed by atoms with E-state index in [4.69, 9.17) is 4.74 Å². The second-order valence-corrected chi connectivity index (χ2v) is 7.96. The zero-order valence-electron chi connectivity index (χ0n) is 18.6. The first-order valence-corrected chi connectivity index (χ1v) is 11.7. The molecule has 3 heterocycles. The molecule has 0 fully saturated rings. The van der Waals surface area contributed by atoms with Crippen LogP contribution in [0.4, 0.5) is 0 Å². The Kier molecular flexibility index (Phi) is 8.95. The van der Waals surface area contributed by atoms with Crippen LogP contribution in [-0.4, -0.2) is 21.6 Å². The summed E-state index contributed by atoms with van der Waals surface area (Å²) in [5, 5.41) is 2.27. The Morgan fingerprint density at radius 2 is 1.60 bits per heavy atom. The second kappa shape index (κ2) is 12.2. The molecule has 0 spiro atoms. The van der Waals surface area contributed by atoms with Gasteiger partial charge in [-0.2, -0.15) is 0 Å². The van der Waals surface area contributed by atoms with Crippen molar-refractivity contribution in [1.82, 2.24) is 15.0 Å². The Morgan fingerprint density at radius 3 is 2.33 bits per heavy atom. The highest BCUT2D eigenvalue weighted by Crippen LogP contribution is 2.26. The predicted octanol–water partition coefficient (Wildman–Crippen LogP) is 5.88. The Hall–Kier alpha value is -2.62. The van der Waals surface area contributed by atoms with Gasteiger partial charge in [0, 0.05) is 23.0 Å². The first-order valence-electron chi connectivity index (χ1n) is 11.7. The van der Waals surface area contributed by atoms with Gasteiger partial charge >= 0.3 is 0 Å². The molecule has 0 atom stereocenters. The van der Waals surface area contributed by atoms with Gasteiger partial charge in [-0.05, 0) is 50.1 Å². The van der Waals surface area contributed by atoms with Gasteiger partial charge in [-0.15, -0.1) is 0 Å². The van der Waals surface area contributed by atoms with E-state index in [9.17, 15) is 0 Å². The van der Waals surface area contributed by atoms with Crippen molar-refractivity contribution < 1.29 is 4.74 Å². The summed E-state index contributed by atoms with van der Waals surface area (Å²) in [5.41, 5.74) is 3.07. The maximum atomic E-state index is 5.83. The van der Waals surface area contributed by atoms with Gasteiger partial charge in [0.25, 0.3) is 0 Å². The molecule has 30 heavy (non-hydrogen) atoms. The largest absolute Gasteiger partial charge is 0.492 e. The van der Waals surface area contributed by atoms with E-state index in [1.165, 1.54) is 56.7 Å². The first kappa shape index (κ1) is 22.1. The second-order valence-electron chi connectivity index (χ2n) is 7.96. The van der Waals surface area contributed by atoms with E-state index in [2.05, 4.69) is 58.3 Å². The molecule has 0 aromatic carbocycles. The van der Waals surface area contributed by atoms with Crippen LogP contribution in [0.1, 0.15) is 77.3 Å². The lowest BCUT2D eigenvalue weighted by Crippen LogP contribution is -2.09. The summed E-state index contributed by atoms with van der Waals surface area (Å²) < 4.78 is 5.83. The molecule has 0 radical (unpaired) electrons. The molecule has 3 aromatic rings. The molecular formula is C26H37N3O. The van der Waals surface area contributed by atoms with E-state index < -0.39 is 0 Å². The van der Waals surface area contributed by atoms with E-state index in [0.717, 1.165) is 34.6 Å². The van der Waals surface area contributed by atoms with Gasteiger partial charge in [0.15, 0.2) is 0 Å². The Balaban J connectivity index is 1.57. The maximum absolute atomic E-state index is 5.83. The van der Waals surface area contributed by atoms with Crippen molar-refractivity contribution in [3.63, 3.8) is 0 Å². The molecule has 4 nitrogen and oxygen atoms in total. The minimum atomic E-state index is 0.644. The fraction of sp³-hybridized carbons (Fsp3) is 0.462. The zero-order chi connectivity index (χ0) is 21.0. The number of H-pyrrole nitrogens is 3. The van der Waals surface area contributed by atoms with Gasteiger partial charge in [0.1, 0.15) is 5.75 Å². The summed E-state index contributed by atoms with van der Waals surface area (Å²) >= 11 is 0. The SMILES string of the molecule is CCCCCCCCCCC=c1ccc(=Cc2[nH]c(-c3ccc[nH]3)cc2OCC)[nH]1. The minimum absolute atomic E-state index is 0.644. The van der Waals surface area contributed by atoms with E-state index in [0.29, 0.717) is 6.61 Å². The summed E-state index contributed by atoms with van der Waals surface area (Å²) in [4.78, 5) is 10.2. The number of ether oxygens (including phenoxy) is 1. The van der Waals surface area contributed by atoms with E-state index in [1.807, 2.05) is 19.2 Å². The van der Waals surface area contributed by atoms with Gasteiger partial charge < -0.3 is 19.7 Å². The standard InChI is InChI=1S/C26H37N3O/c1-3-5-6-7-8-9-10-11-12-14-21-16-17-22(28-21)19-25-26(30-4-2)20-24(29-25)23-15-13-18-27-23/h13-20,27-29H,3-12H2,1-2H3. The number of aromatic amines is 3. The lowest BCUT2D eigenvalue weighted by molar-refractivity contribution is 0.340. The number of rotatable bonds is 13. The molecule has 3 N–H and O–H groups in total. The molecule has 0 aliphatic carbocycles. The number of nitrogens with one attached hydrogen (secondary N) is 3. The highest BCUT2D eigenvalue weighted by atomic mass is 16.5. The number of aromatic nitrogens is 3. The molecule has 0 aliphatic heterocycles. The van der Waals surface area contributed by atoms with Gasteiger partial charge in [0.2, 0.25) is 0 Å². The van der Waals surface area contributed by atoms with Crippen molar-refractivity contribution in [2.24, 2.45) is 0 Å². The smallest absolute Gasteiger partial charge is 0.144 e. The minimum Gasteiger partial charge on any atom is -0.492 e. The lowest BCUT2D eigenvalue weighted by atomic mass is 10.1. The Labute approximate surface area is 180 Å². The van der Waals surface area contributed by atoms with Crippen molar-refractivity contribution in [1.29, 1.82) is 0 Å². The van der Waals surface area contributed by atoms with Crippen molar-refractivity contribution in [2.75, 3.05) is 6.61 Å². The molecule has 4 heteroatoms. The van der Waals surface area contributed by atoms with Crippen molar-refractivity contribution in [2.45, 2.75) is 71.6 Å². The predicted molar refractivity (Wildman–Crippen MR) is 127 cm³/mol. The summed E-state index contributed by atoms with van der Waals surface area (Å²) in [6.07, 6.45) is 18.4. The number of unbranched alkanes of at least 4 members (excludes halogenated alkanes) is 8. The average Bonchev–Trinajstić information content (AvgIpc) is 3.49.